The molecule has 0 saturated heterocycles. The van der Waals surface area contributed by atoms with Gasteiger partial charge in [-0.15, -0.1) is 24.0 Å². The minimum atomic E-state index is -0.0276. The molecule has 1 heterocycles. The molecule has 0 bridgehead atoms. The number of hydrogen-bond donors (Lipinski definition) is 3. The van der Waals surface area contributed by atoms with Gasteiger partial charge in [-0.2, -0.15) is 0 Å². The molecule has 0 aliphatic rings. The van der Waals surface area contributed by atoms with E-state index in [4.69, 9.17) is 11.6 Å². The topological polar surface area (TPSA) is 78.4 Å². The van der Waals surface area contributed by atoms with Crippen LogP contribution in [-0.4, -0.2) is 36.5 Å². The molecule has 2 aromatic rings. The number of hydrogen-bond acceptors (Lipinski definition) is 3. The molecule has 8 heteroatoms. The highest BCUT2D eigenvalue weighted by atomic mass is 127. The Hall–Kier alpha value is -1.87. The van der Waals surface area contributed by atoms with Gasteiger partial charge in [0, 0.05) is 31.4 Å². The average Bonchev–Trinajstić information content (AvgIpc) is 2.74. The molecule has 0 fully saturated rings. The number of carbonyl (C=O) groups excluding carboxylic acids is 1. The van der Waals surface area contributed by atoms with Gasteiger partial charge >= 0.3 is 0 Å². The SMILES string of the molecule is CCCCNC(=O)c1ccc(CN=C(NCC)NCCc2ccc(Cl)nc2)cc1.I. The fourth-order valence-corrected chi connectivity index (χ4v) is 2.75. The number of aliphatic imine (C=N–C) groups is 1. The molecule has 0 aliphatic carbocycles. The number of amides is 1. The van der Waals surface area contributed by atoms with Crippen LogP contribution in [0.15, 0.2) is 47.6 Å². The molecule has 6 nitrogen and oxygen atoms in total. The van der Waals surface area contributed by atoms with Gasteiger partial charge in [0.25, 0.3) is 5.91 Å². The van der Waals surface area contributed by atoms with E-state index in [-0.39, 0.29) is 29.9 Å². The van der Waals surface area contributed by atoms with Crippen LogP contribution in [0.3, 0.4) is 0 Å². The molecule has 0 aliphatic heterocycles. The number of nitrogens with one attached hydrogen (secondary N) is 3. The van der Waals surface area contributed by atoms with Gasteiger partial charge < -0.3 is 16.0 Å². The largest absolute Gasteiger partial charge is 0.357 e. The predicted molar refractivity (Wildman–Crippen MR) is 135 cm³/mol. The van der Waals surface area contributed by atoms with Crippen LogP contribution in [0.5, 0.6) is 0 Å². The van der Waals surface area contributed by atoms with E-state index < -0.39 is 0 Å². The van der Waals surface area contributed by atoms with E-state index in [0.29, 0.717) is 23.8 Å². The number of carbonyl (C=O) groups is 1. The van der Waals surface area contributed by atoms with Crippen molar-refractivity contribution in [1.29, 1.82) is 0 Å². The second-order valence-corrected chi connectivity index (χ2v) is 7.05. The number of aromatic nitrogens is 1. The fourth-order valence-electron chi connectivity index (χ4n) is 2.63. The van der Waals surface area contributed by atoms with E-state index in [2.05, 4.69) is 32.9 Å². The molecule has 1 aromatic heterocycles. The summed E-state index contributed by atoms with van der Waals surface area (Å²) in [7, 11) is 0. The molecule has 30 heavy (non-hydrogen) atoms. The Morgan fingerprint density at radius 2 is 1.73 bits per heavy atom. The fraction of sp³-hybridized carbons (Fsp3) is 0.409. The second-order valence-electron chi connectivity index (χ2n) is 6.67. The van der Waals surface area contributed by atoms with Crippen LogP contribution in [-0.2, 0) is 13.0 Å². The lowest BCUT2D eigenvalue weighted by Gasteiger charge is -2.11. The van der Waals surface area contributed by atoms with Crippen LogP contribution < -0.4 is 16.0 Å². The quantitative estimate of drug-likeness (QED) is 0.138. The number of pyridine rings is 1. The molecule has 1 amide bonds. The van der Waals surface area contributed by atoms with Crippen molar-refractivity contribution in [1.82, 2.24) is 20.9 Å². The Labute approximate surface area is 201 Å². The van der Waals surface area contributed by atoms with Gasteiger partial charge in [-0.25, -0.2) is 9.98 Å². The monoisotopic (exact) mass is 543 g/mol. The molecule has 0 spiro atoms. The molecular formula is C22H31ClIN5O. The summed E-state index contributed by atoms with van der Waals surface area (Å²) in [5.74, 6) is 0.732. The summed E-state index contributed by atoms with van der Waals surface area (Å²) in [6, 6.07) is 11.4. The first kappa shape index (κ1) is 26.2. The molecule has 0 saturated carbocycles. The first-order valence-electron chi connectivity index (χ1n) is 10.1. The van der Waals surface area contributed by atoms with E-state index in [1.165, 1.54) is 0 Å². The van der Waals surface area contributed by atoms with E-state index in [1.54, 1.807) is 12.3 Å². The Morgan fingerprint density at radius 3 is 2.37 bits per heavy atom. The first-order valence-corrected chi connectivity index (χ1v) is 10.5. The van der Waals surface area contributed by atoms with Crippen molar-refractivity contribution in [2.45, 2.75) is 39.7 Å². The van der Waals surface area contributed by atoms with E-state index in [9.17, 15) is 4.79 Å². The van der Waals surface area contributed by atoms with E-state index in [0.717, 1.165) is 49.4 Å². The third kappa shape index (κ3) is 9.75. The highest BCUT2D eigenvalue weighted by Gasteiger charge is 2.04. The maximum absolute atomic E-state index is 12.1. The second kappa shape index (κ2) is 15.0. The standard InChI is InChI=1S/C22H30ClN5O.HI/c1-3-5-13-25-21(29)19-9-6-17(7-10-19)16-28-22(24-4-2)26-14-12-18-8-11-20(23)27-15-18;/h6-11,15H,3-5,12-14,16H2,1-2H3,(H,25,29)(H2,24,26,28);1H. The third-order valence-corrected chi connectivity index (χ3v) is 4.51. The van der Waals surface area contributed by atoms with Gasteiger partial charge in [0.15, 0.2) is 5.96 Å². The maximum atomic E-state index is 12.1. The zero-order valence-electron chi connectivity index (χ0n) is 17.6. The number of halogens is 2. The molecule has 2 rings (SSSR count). The third-order valence-electron chi connectivity index (χ3n) is 4.29. The summed E-state index contributed by atoms with van der Waals surface area (Å²) < 4.78 is 0. The minimum Gasteiger partial charge on any atom is -0.357 e. The summed E-state index contributed by atoms with van der Waals surface area (Å²) in [4.78, 5) is 20.8. The Bertz CT molecular complexity index is 781. The molecule has 0 radical (unpaired) electrons. The molecule has 164 valence electrons. The maximum Gasteiger partial charge on any atom is 0.251 e. The average molecular weight is 544 g/mol. The summed E-state index contributed by atoms with van der Waals surface area (Å²) in [5, 5.41) is 10.00. The van der Waals surface area contributed by atoms with Crippen molar-refractivity contribution in [2.24, 2.45) is 4.99 Å². The smallest absolute Gasteiger partial charge is 0.251 e. The summed E-state index contributed by atoms with van der Waals surface area (Å²) >= 11 is 5.81. The number of nitrogens with zero attached hydrogens (tertiary/aromatic N) is 2. The lowest BCUT2D eigenvalue weighted by Crippen LogP contribution is -2.38. The molecule has 0 atom stereocenters. The summed E-state index contributed by atoms with van der Waals surface area (Å²) in [6.45, 7) is 6.91. The minimum absolute atomic E-state index is 0. The zero-order chi connectivity index (χ0) is 20.9. The Morgan fingerprint density at radius 1 is 1.00 bits per heavy atom. The van der Waals surface area contributed by atoms with Gasteiger partial charge in [0.1, 0.15) is 5.15 Å². The van der Waals surface area contributed by atoms with Crippen LogP contribution in [0, 0.1) is 0 Å². The molecule has 0 unspecified atom stereocenters. The van der Waals surface area contributed by atoms with Crippen molar-refractivity contribution < 1.29 is 4.79 Å². The molecule has 1 aromatic carbocycles. The van der Waals surface area contributed by atoms with Crippen molar-refractivity contribution in [2.75, 3.05) is 19.6 Å². The van der Waals surface area contributed by atoms with Crippen LogP contribution >= 0.6 is 35.6 Å². The van der Waals surface area contributed by atoms with E-state index >= 15 is 0 Å². The van der Waals surface area contributed by atoms with Crippen LogP contribution in [0.4, 0.5) is 0 Å². The van der Waals surface area contributed by atoms with Crippen LogP contribution in [0.2, 0.25) is 5.15 Å². The molecule has 3 N–H and O–H groups in total. The highest BCUT2D eigenvalue weighted by Crippen LogP contribution is 2.07. The van der Waals surface area contributed by atoms with Gasteiger partial charge in [-0.3, -0.25) is 4.79 Å². The van der Waals surface area contributed by atoms with E-state index in [1.807, 2.05) is 37.3 Å². The summed E-state index contributed by atoms with van der Waals surface area (Å²) in [6.07, 6.45) is 4.67. The number of benzene rings is 1. The Kier molecular flexibility index (Phi) is 13.1. The Balaban J connectivity index is 0.00000450. The van der Waals surface area contributed by atoms with Crippen LogP contribution in [0.1, 0.15) is 48.2 Å². The van der Waals surface area contributed by atoms with Gasteiger partial charge in [0.05, 0.1) is 6.54 Å². The van der Waals surface area contributed by atoms with Crippen LogP contribution in [0.25, 0.3) is 0 Å². The normalized spacial score (nSPS) is 10.8. The number of guanidine groups is 1. The lowest BCUT2D eigenvalue weighted by atomic mass is 10.1. The highest BCUT2D eigenvalue weighted by molar-refractivity contribution is 14.0. The van der Waals surface area contributed by atoms with Crippen molar-refractivity contribution in [3.8, 4) is 0 Å². The summed E-state index contributed by atoms with van der Waals surface area (Å²) in [5.41, 5.74) is 2.84. The van der Waals surface area contributed by atoms with Crippen molar-refractivity contribution >= 4 is 47.4 Å². The van der Waals surface area contributed by atoms with Gasteiger partial charge in [-0.1, -0.05) is 43.1 Å². The van der Waals surface area contributed by atoms with Gasteiger partial charge in [0.2, 0.25) is 0 Å². The van der Waals surface area contributed by atoms with Crippen molar-refractivity contribution in [3.63, 3.8) is 0 Å². The predicted octanol–water partition coefficient (Wildman–Crippen LogP) is 4.18. The lowest BCUT2D eigenvalue weighted by molar-refractivity contribution is 0.0953. The van der Waals surface area contributed by atoms with Crippen molar-refractivity contribution in [3.05, 3.63) is 64.4 Å². The first-order chi connectivity index (χ1) is 14.1. The number of rotatable bonds is 10. The molecular weight excluding hydrogens is 513 g/mol. The van der Waals surface area contributed by atoms with Gasteiger partial charge in [-0.05, 0) is 49.1 Å². The number of unbranched alkanes of at least 4 members (excludes halogenated alkanes) is 1. The zero-order valence-corrected chi connectivity index (χ0v) is 20.7.